The summed E-state index contributed by atoms with van der Waals surface area (Å²) < 4.78 is 26.7. The van der Waals surface area contributed by atoms with Gasteiger partial charge in [0.25, 0.3) is 0 Å². The Bertz CT molecular complexity index is 545. The van der Waals surface area contributed by atoms with Gasteiger partial charge in [0.05, 0.1) is 0 Å². The molecule has 0 saturated carbocycles. The van der Waals surface area contributed by atoms with E-state index in [4.69, 9.17) is 0 Å². The fourth-order valence-electron chi connectivity index (χ4n) is 2.13. The van der Waals surface area contributed by atoms with Gasteiger partial charge in [0.2, 0.25) is 15.9 Å². The standard InChI is InChI=1S/C12H17N3O3S/c1-2-6-15-9-10(7-12(15)16)14-19(17,18)11-4-3-5-13-8-11/h3-5,8,10,14H,2,6-7,9H2,1H3/t10-/m1/s1. The highest BCUT2D eigenvalue weighted by molar-refractivity contribution is 7.89. The molecule has 0 radical (unpaired) electrons. The van der Waals surface area contributed by atoms with E-state index in [1.807, 2.05) is 6.92 Å². The van der Waals surface area contributed by atoms with E-state index in [0.717, 1.165) is 6.42 Å². The number of amides is 1. The third kappa shape index (κ3) is 3.30. The summed E-state index contributed by atoms with van der Waals surface area (Å²) in [5, 5.41) is 0. The van der Waals surface area contributed by atoms with Gasteiger partial charge in [0.1, 0.15) is 4.90 Å². The topological polar surface area (TPSA) is 79.4 Å². The van der Waals surface area contributed by atoms with Crippen molar-refractivity contribution in [3.05, 3.63) is 24.5 Å². The van der Waals surface area contributed by atoms with Gasteiger partial charge in [-0.1, -0.05) is 6.92 Å². The summed E-state index contributed by atoms with van der Waals surface area (Å²) >= 11 is 0. The van der Waals surface area contributed by atoms with E-state index >= 15 is 0 Å². The van der Waals surface area contributed by atoms with Gasteiger partial charge in [-0.15, -0.1) is 0 Å². The first kappa shape index (κ1) is 14.0. The van der Waals surface area contributed by atoms with Crippen LogP contribution in [0.2, 0.25) is 0 Å². The number of carbonyl (C=O) groups excluding carboxylic acids is 1. The van der Waals surface area contributed by atoms with Gasteiger partial charge in [0.15, 0.2) is 0 Å². The van der Waals surface area contributed by atoms with E-state index in [2.05, 4.69) is 9.71 Å². The van der Waals surface area contributed by atoms with Gasteiger partial charge < -0.3 is 4.90 Å². The third-order valence-electron chi connectivity index (χ3n) is 2.97. The molecule has 0 unspecified atom stereocenters. The molecule has 19 heavy (non-hydrogen) atoms. The zero-order valence-electron chi connectivity index (χ0n) is 10.7. The number of hydrogen-bond donors (Lipinski definition) is 1. The van der Waals surface area contributed by atoms with Crippen LogP contribution >= 0.6 is 0 Å². The molecule has 1 N–H and O–H groups in total. The lowest BCUT2D eigenvalue weighted by Gasteiger charge is -2.16. The van der Waals surface area contributed by atoms with Crippen molar-refractivity contribution < 1.29 is 13.2 Å². The van der Waals surface area contributed by atoms with Gasteiger partial charge >= 0.3 is 0 Å². The van der Waals surface area contributed by atoms with Crippen molar-refractivity contribution in [1.82, 2.24) is 14.6 Å². The smallest absolute Gasteiger partial charge is 0.242 e. The highest BCUT2D eigenvalue weighted by Crippen LogP contribution is 2.14. The van der Waals surface area contributed by atoms with E-state index in [0.29, 0.717) is 13.1 Å². The van der Waals surface area contributed by atoms with Gasteiger partial charge in [0, 0.05) is 37.9 Å². The maximum absolute atomic E-state index is 12.1. The minimum Gasteiger partial charge on any atom is -0.341 e. The van der Waals surface area contributed by atoms with E-state index in [9.17, 15) is 13.2 Å². The van der Waals surface area contributed by atoms with Crippen molar-refractivity contribution in [3.63, 3.8) is 0 Å². The maximum Gasteiger partial charge on any atom is 0.242 e. The van der Waals surface area contributed by atoms with Crippen molar-refractivity contribution in [1.29, 1.82) is 0 Å². The second-order valence-electron chi connectivity index (χ2n) is 4.55. The monoisotopic (exact) mass is 283 g/mol. The molecule has 1 saturated heterocycles. The van der Waals surface area contributed by atoms with Crippen LogP contribution in [0.25, 0.3) is 0 Å². The predicted molar refractivity (Wildman–Crippen MR) is 69.8 cm³/mol. The van der Waals surface area contributed by atoms with E-state index in [1.165, 1.54) is 18.5 Å². The fraction of sp³-hybridized carbons (Fsp3) is 0.500. The van der Waals surface area contributed by atoms with Crippen molar-refractivity contribution in [2.75, 3.05) is 13.1 Å². The average Bonchev–Trinajstić information content (AvgIpc) is 2.70. The highest BCUT2D eigenvalue weighted by atomic mass is 32.2. The van der Waals surface area contributed by atoms with E-state index < -0.39 is 10.0 Å². The lowest BCUT2D eigenvalue weighted by molar-refractivity contribution is -0.127. The molecule has 1 fully saturated rings. The fourth-order valence-corrected chi connectivity index (χ4v) is 3.32. The van der Waals surface area contributed by atoms with Crippen LogP contribution in [-0.4, -0.2) is 43.3 Å². The summed E-state index contributed by atoms with van der Waals surface area (Å²) in [6.07, 6.45) is 3.90. The Hall–Kier alpha value is -1.47. The lowest BCUT2D eigenvalue weighted by atomic mass is 10.3. The number of rotatable bonds is 5. The van der Waals surface area contributed by atoms with Crippen LogP contribution in [-0.2, 0) is 14.8 Å². The number of carbonyl (C=O) groups is 1. The molecular formula is C12H17N3O3S. The number of pyridine rings is 1. The van der Waals surface area contributed by atoms with Crippen molar-refractivity contribution in [2.24, 2.45) is 0 Å². The summed E-state index contributed by atoms with van der Waals surface area (Å²) in [7, 11) is -3.60. The zero-order valence-corrected chi connectivity index (χ0v) is 11.6. The number of likely N-dealkylation sites (tertiary alicyclic amines) is 1. The Morgan fingerprint density at radius 3 is 2.95 bits per heavy atom. The zero-order chi connectivity index (χ0) is 13.9. The molecule has 1 aliphatic heterocycles. The Labute approximate surface area is 112 Å². The van der Waals surface area contributed by atoms with Crippen LogP contribution in [0.1, 0.15) is 19.8 Å². The molecule has 0 aromatic carbocycles. The van der Waals surface area contributed by atoms with Gasteiger partial charge in [-0.05, 0) is 18.6 Å². The number of sulfonamides is 1. The van der Waals surface area contributed by atoms with Crippen LogP contribution in [0.15, 0.2) is 29.4 Å². The predicted octanol–water partition coefficient (Wildman–Crippen LogP) is 0.371. The highest BCUT2D eigenvalue weighted by Gasteiger charge is 2.32. The van der Waals surface area contributed by atoms with E-state index in [-0.39, 0.29) is 23.3 Å². The molecule has 0 aliphatic carbocycles. The maximum atomic E-state index is 12.1. The molecule has 7 heteroatoms. The van der Waals surface area contributed by atoms with Crippen molar-refractivity contribution >= 4 is 15.9 Å². The van der Waals surface area contributed by atoms with Gasteiger partial charge in [-0.2, -0.15) is 0 Å². The summed E-state index contributed by atoms with van der Waals surface area (Å²) in [4.78, 5) is 17.3. The average molecular weight is 283 g/mol. The molecule has 0 bridgehead atoms. The lowest BCUT2D eigenvalue weighted by Crippen LogP contribution is -2.37. The van der Waals surface area contributed by atoms with Crippen molar-refractivity contribution in [3.8, 4) is 0 Å². The Morgan fingerprint density at radius 2 is 2.32 bits per heavy atom. The molecule has 1 atom stereocenters. The Morgan fingerprint density at radius 1 is 1.53 bits per heavy atom. The molecule has 104 valence electrons. The Kier molecular flexibility index (Phi) is 4.16. The Balaban J connectivity index is 2.05. The SMILES string of the molecule is CCCN1C[C@H](NS(=O)(=O)c2cccnc2)CC1=O. The van der Waals surface area contributed by atoms with Crippen LogP contribution in [0.5, 0.6) is 0 Å². The summed E-state index contributed by atoms with van der Waals surface area (Å²) in [5.41, 5.74) is 0. The quantitative estimate of drug-likeness (QED) is 0.847. The molecule has 0 spiro atoms. The third-order valence-corrected chi connectivity index (χ3v) is 4.48. The molecule has 1 aromatic rings. The number of nitrogens with one attached hydrogen (secondary N) is 1. The summed E-state index contributed by atoms with van der Waals surface area (Å²) in [6.45, 7) is 3.09. The summed E-state index contributed by atoms with van der Waals surface area (Å²) in [5.74, 6) is 0.000682. The second kappa shape index (κ2) is 5.66. The van der Waals surface area contributed by atoms with Gasteiger partial charge in [-0.3, -0.25) is 9.78 Å². The van der Waals surface area contributed by atoms with Crippen LogP contribution in [0.3, 0.4) is 0 Å². The number of aromatic nitrogens is 1. The summed E-state index contributed by atoms with van der Waals surface area (Å²) in [6, 6.07) is 2.69. The van der Waals surface area contributed by atoms with Crippen LogP contribution in [0.4, 0.5) is 0 Å². The molecule has 1 aromatic heterocycles. The molecule has 6 nitrogen and oxygen atoms in total. The first-order valence-corrected chi connectivity index (χ1v) is 7.71. The van der Waals surface area contributed by atoms with Crippen molar-refractivity contribution in [2.45, 2.75) is 30.7 Å². The largest absolute Gasteiger partial charge is 0.341 e. The molecule has 2 heterocycles. The minimum absolute atomic E-state index is 0.000682. The van der Waals surface area contributed by atoms with Gasteiger partial charge in [-0.25, -0.2) is 13.1 Å². The normalized spacial score (nSPS) is 19.9. The minimum atomic E-state index is -3.60. The first-order chi connectivity index (χ1) is 9.03. The van der Waals surface area contributed by atoms with Crippen LogP contribution < -0.4 is 4.72 Å². The number of nitrogens with zero attached hydrogens (tertiary/aromatic N) is 2. The second-order valence-corrected chi connectivity index (χ2v) is 6.26. The molecule has 2 rings (SSSR count). The number of hydrogen-bond acceptors (Lipinski definition) is 4. The first-order valence-electron chi connectivity index (χ1n) is 6.23. The molecular weight excluding hydrogens is 266 g/mol. The van der Waals surface area contributed by atoms with E-state index in [1.54, 1.807) is 11.0 Å². The van der Waals surface area contributed by atoms with Crippen LogP contribution in [0, 0.1) is 0 Å². The molecule has 1 amide bonds. The molecule has 1 aliphatic rings.